The molecule has 0 atom stereocenters. The van der Waals surface area contributed by atoms with Crippen molar-refractivity contribution in [3.63, 3.8) is 0 Å². The van der Waals surface area contributed by atoms with Crippen LogP contribution in [0.1, 0.15) is 0 Å². The molecule has 0 saturated heterocycles. The van der Waals surface area contributed by atoms with Crippen LogP contribution in [-0.4, -0.2) is 19.5 Å². The molecule has 0 aliphatic carbocycles. The van der Waals surface area contributed by atoms with E-state index in [1.54, 1.807) is 0 Å². The summed E-state index contributed by atoms with van der Waals surface area (Å²) in [6.45, 7) is 0. The van der Waals surface area contributed by atoms with Gasteiger partial charge in [0.1, 0.15) is 5.58 Å². The predicted molar refractivity (Wildman–Crippen MR) is 195 cm³/mol. The largest absolute Gasteiger partial charge is 0.454 e. The lowest BCUT2D eigenvalue weighted by molar-refractivity contribution is 0.671. The Kier molecular flexibility index (Phi) is 5.81. The Hall–Kier alpha value is -6.59. The molecule has 0 radical (unpaired) electrons. The molecule has 0 unspecified atom stereocenters. The summed E-state index contributed by atoms with van der Waals surface area (Å²) in [5.41, 5.74) is 7.79. The van der Waals surface area contributed by atoms with Crippen LogP contribution in [0.25, 0.3) is 94.4 Å². The minimum atomic E-state index is 0.627. The lowest BCUT2D eigenvalue weighted by Crippen LogP contribution is -2.00. The average Bonchev–Trinajstić information content (AvgIpc) is 3.72. The molecule has 7 aromatic carbocycles. The van der Waals surface area contributed by atoms with Gasteiger partial charge in [0.05, 0.1) is 11.0 Å². The molecule has 3 heterocycles. The monoisotopic (exact) mass is 614 g/mol. The Labute approximate surface area is 275 Å². The molecule has 0 amide bonds. The van der Waals surface area contributed by atoms with E-state index in [0.29, 0.717) is 17.5 Å². The van der Waals surface area contributed by atoms with Crippen LogP contribution in [0.3, 0.4) is 0 Å². The summed E-state index contributed by atoms with van der Waals surface area (Å²) in [4.78, 5) is 14.8. The number of rotatable bonds is 4. The highest BCUT2D eigenvalue weighted by Crippen LogP contribution is 2.42. The molecule has 224 valence electrons. The maximum atomic E-state index is 6.63. The molecule has 5 heteroatoms. The van der Waals surface area contributed by atoms with E-state index in [0.717, 1.165) is 60.7 Å². The second-order valence-electron chi connectivity index (χ2n) is 12.0. The van der Waals surface area contributed by atoms with Crippen molar-refractivity contribution in [2.75, 3.05) is 0 Å². The van der Waals surface area contributed by atoms with E-state index in [-0.39, 0.29) is 0 Å². The smallest absolute Gasteiger partial charge is 0.164 e. The van der Waals surface area contributed by atoms with Gasteiger partial charge in [-0.3, -0.25) is 0 Å². The lowest BCUT2D eigenvalue weighted by Gasteiger charge is -2.11. The first-order valence-corrected chi connectivity index (χ1v) is 16.0. The molecule has 0 spiro atoms. The van der Waals surface area contributed by atoms with Crippen LogP contribution in [0, 0.1) is 0 Å². The summed E-state index contributed by atoms with van der Waals surface area (Å²) in [6, 6.07) is 54.4. The van der Waals surface area contributed by atoms with Crippen LogP contribution in [-0.2, 0) is 0 Å². The number of para-hydroxylation sites is 1. The van der Waals surface area contributed by atoms with Crippen LogP contribution in [0.15, 0.2) is 162 Å². The first-order chi connectivity index (χ1) is 23.8. The fraction of sp³-hybridized carbons (Fsp3) is 0. The van der Waals surface area contributed by atoms with Crippen molar-refractivity contribution in [3.05, 3.63) is 158 Å². The Morgan fingerprint density at radius 1 is 0.417 bits per heavy atom. The van der Waals surface area contributed by atoms with Crippen LogP contribution < -0.4 is 0 Å². The molecular formula is C43H26N4O. The zero-order valence-corrected chi connectivity index (χ0v) is 25.7. The Morgan fingerprint density at radius 3 is 1.67 bits per heavy atom. The van der Waals surface area contributed by atoms with Crippen molar-refractivity contribution in [1.29, 1.82) is 0 Å². The fourth-order valence-electron chi connectivity index (χ4n) is 7.01. The molecular weight excluding hydrogens is 589 g/mol. The van der Waals surface area contributed by atoms with Crippen LogP contribution in [0.5, 0.6) is 0 Å². The van der Waals surface area contributed by atoms with E-state index in [4.69, 9.17) is 19.4 Å². The molecule has 0 bridgehead atoms. The van der Waals surface area contributed by atoms with Gasteiger partial charge < -0.3 is 8.98 Å². The summed E-state index contributed by atoms with van der Waals surface area (Å²) in [7, 11) is 0. The highest BCUT2D eigenvalue weighted by molar-refractivity contribution is 6.27. The SMILES string of the molecule is c1ccc(-c2nc(-c3ccccc3)nc(-c3ccc(-n4c5ccc6ccccc6c5c5ccc6c7ccccc7oc6c54)cc3)n2)cc1. The van der Waals surface area contributed by atoms with E-state index < -0.39 is 0 Å². The highest BCUT2D eigenvalue weighted by atomic mass is 16.3. The standard InChI is InChI=1S/C43H26N4O/c1-3-12-28(13-4-1)41-44-42(29-14-5-2-6-15-29)46-43(45-41)30-19-22-31(23-20-30)47-36-26-21-27-11-7-8-16-32(27)38(36)35-25-24-34-33-17-9-10-18-37(33)48-40(34)39(35)47/h1-26H. The van der Waals surface area contributed by atoms with Crippen LogP contribution in [0.2, 0.25) is 0 Å². The molecule has 0 aliphatic heterocycles. The first kappa shape index (κ1) is 26.6. The van der Waals surface area contributed by atoms with Gasteiger partial charge in [0, 0.05) is 43.9 Å². The molecule has 0 saturated carbocycles. The minimum absolute atomic E-state index is 0.627. The van der Waals surface area contributed by atoms with Gasteiger partial charge in [-0.05, 0) is 53.2 Å². The highest BCUT2D eigenvalue weighted by Gasteiger charge is 2.21. The maximum absolute atomic E-state index is 6.63. The van der Waals surface area contributed by atoms with Gasteiger partial charge in [0.15, 0.2) is 23.1 Å². The van der Waals surface area contributed by atoms with Crippen molar-refractivity contribution in [3.8, 4) is 39.9 Å². The van der Waals surface area contributed by atoms with Gasteiger partial charge in [0.25, 0.3) is 0 Å². The average molecular weight is 615 g/mol. The Morgan fingerprint density at radius 2 is 0.979 bits per heavy atom. The minimum Gasteiger partial charge on any atom is -0.454 e. The second kappa shape index (κ2) is 10.5. The number of nitrogens with zero attached hydrogens (tertiary/aromatic N) is 4. The fourth-order valence-corrected chi connectivity index (χ4v) is 7.01. The number of furan rings is 1. The molecule has 0 aliphatic rings. The van der Waals surface area contributed by atoms with Gasteiger partial charge in [-0.25, -0.2) is 15.0 Å². The van der Waals surface area contributed by atoms with Crippen molar-refractivity contribution >= 4 is 54.5 Å². The third-order valence-corrected chi connectivity index (χ3v) is 9.24. The van der Waals surface area contributed by atoms with Gasteiger partial charge in [-0.2, -0.15) is 0 Å². The zero-order valence-electron chi connectivity index (χ0n) is 25.7. The van der Waals surface area contributed by atoms with Crippen molar-refractivity contribution in [2.45, 2.75) is 0 Å². The quantitative estimate of drug-likeness (QED) is 0.198. The van der Waals surface area contributed by atoms with Crippen molar-refractivity contribution in [2.24, 2.45) is 0 Å². The topological polar surface area (TPSA) is 56.7 Å². The second-order valence-corrected chi connectivity index (χ2v) is 12.0. The molecule has 0 fully saturated rings. The van der Waals surface area contributed by atoms with E-state index in [1.807, 2.05) is 72.8 Å². The van der Waals surface area contributed by atoms with Gasteiger partial charge in [0.2, 0.25) is 0 Å². The van der Waals surface area contributed by atoms with Crippen LogP contribution >= 0.6 is 0 Å². The number of benzene rings is 7. The van der Waals surface area contributed by atoms with E-state index in [2.05, 4.69) is 89.5 Å². The molecule has 5 nitrogen and oxygen atoms in total. The summed E-state index contributed by atoms with van der Waals surface area (Å²) in [6.07, 6.45) is 0. The zero-order chi connectivity index (χ0) is 31.6. The third-order valence-electron chi connectivity index (χ3n) is 9.24. The summed E-state index contributed by atoms with van der Waals surface area (Å²) < 4.78 is 8.96. The van der Waals surface area contributed by atoms with Crippen molar-refractivity contribution in [1.82, 2.24) is 19.5 Å². The number of hydrogen-bond acceptors (Lipinski definition) is 4. The number of fused-ring (bicyclic) bond motifs is 9. The van der Waals surface area contributed by atoms with E-state index in [1.165, 1.54) is 16.2 Å². The Balaban J connectivity index is 1.20. The lowest BCUT2D eigenvalue weighted by atomic mass is 10.0. The molecule has 3 aromatic heterocycles. The van der Waals surface area contributed by atoms with Gasteiger partial charge in [-0.15, -0.1) is 0 Å². The maximum Gasteiger partial charge on any atom is 0.164 e. The normalized spacial score (nSPS) is 11.8. The third kappa shape index (κ3) is 4.08. The van der Waals surface area contributed by atoms with Crippen LogP contribution in [0.4, 0.5) is 0 Å². The number of aromatic nitrogens is 4. The van der Waals surface area contributed by atoms with Crippen molar-refractivity contribution < 1.29 is 4.42 Å². The van der Waals surface area contributed by atoms with Gasteiger partial charge >= 0.3 is 0 Å². The van der Waals surface area contributed by atoms with E-state index in [9.17, 15) is 0 Å². The molecule has 10 rings (SSSR count). The number of hydrogen-bond donors (Lipinski definition) is 0. The molecule has 10 aromatic rings. The Bertz CT molecular complexity index is 2760. The summed E-state index contributed by atoms with van der Waals surface area (Å²) in [5.74, 6) is 1.91. The summed E-state index contributed by atoms with van der Waals surface area (Å²) in [5, 5.41) is 7.03. The van der Waals surface area contributed by atoms with Gasteiger partial charge in [-0.1, -0.05) is 115 Å². The predicted octanol–water partition coefficient (Wildman–Crippen LogP) is 11.0. The summed E-state index contributed by atoms with van der Waals surface area (Å²) >= 11 is 0. The molecule has 0 N–H and O–H groups in total. The molecule has 48 heavy (non-hydrogen) atoms. The van der Waals surface area contributed by atoms with E-state index >= 15 is 0 Å². The first-order valence-electron chi connectivity index (χ1n) is 16.0.